The Labute approximate surface area is 102 Å². The van der Waals surface area contributed by atoms with Crippen LogP contribution in [0.5, 0.6) is 0 Å². The van der Waals surface area contributed by atoms with Crippen molar-refractivity contribution in [3.05, 3.63) is 18.2 Å². The quantitative estimate of drug-likeness (QED) is 0.554. The minimum Gasteiger partial charge on any atom is -0.347 e. The van der Waals surface area contributed by atoms with Gasteiger partial charge < -0.3 is 10.3 Å². The molecule has 17 heavy (non-hydrogen) atoms. The van der Waals surface area contributed by atoms with E-state index in [-0.39, 0.29) is 12.3 Å². The Hall–Kier alpha value is -0.920. The Morgan fingerprint density at radius 2 is 2.24 bits per heavy atom. The number of rotatable bonds is 9. The van der Waals surface area contributed by atoms with Crippen molar-refractivity contribution in [2.45, 2.75) is 26.3 Å². The lowest BCUT2D eigenvalue weighted by atomic mass is 10.3. The summed E-state index contributed by atoms with van der Waals surface area (Å²) in [6.07, 6.45) is 4.80. The molecule has 1 heterocycles. The van der Waals surface area contributed by atoms with E-state index in [4.69, 9.17) is 0 Å². The fourth-order valence-corrected chi connectivity index (χ4v) is 2.45. The van der Waals surface area contributed by atoms with Gasteiger partial charge in [-0.2, -0.15) is 0 Å². The van der Waals surface area contributed by atoms with Gasteiger partial charge in [-0.05, 0) is 25.9 Å². The normalized spacial score (nSPS) is 11.8. The first kappa shape index (κ1) is 14.1. The Kier molecular flexibility index (Phi) is 6.17. The van der Waals surface area contributed by atoms with Crippen LogP contribution in [-0.2, 0) is 16.6 Å². The van der Waals surface area contributed by atoms with Crippen LogP contribution in [0.3, 0.4) is 0 Å². The molecule has 0 saturated carbocycles. The standard InChI is InChI=1S/C10H20N4O2S/c1-2-11-5-3-4-8-17(15,16)14-9-10-12-6-7-13-10/h6-7,11,14H,2-5,8-9H2,1H3,(H,12,13). The van der Waals surface area contributed by atoms with Gasteiger partial charge in [0.1, 0.15) is 5.82 Å². The first-order valence-electron chi connectivity index (χ1n) is 5.80. The molecule has 6 nitrogen and oxygen atoms in total. The van der Waals surface area contributed by atoms with Crippen molar-refractivity contribution in [2.24, 2.45) is 0 Å². The van der Waals surface area contributed by atoms with Gasteiger partial charge in [-0.1, -0.05) is 6.92 Å². The molecule has 0 aromatic carbocycles. The van der Waals surface area contributed by atoms with Gasteiger partial charge in [-0.25, -0.2) is 18.1 Å². The van der Waals surface area contributed by atoms with Crippen molar-refractivity contribution in [3.63, 3.8) is 0 Å². The topological polar surface area (TPSA) is 86.9 Å². The number of sulfonamides is 1. The number of aromatic nitrogens is 2. The van der Waals surface area contributed by atoms with Crippen LogP contribution in [-0.4, -0.2) is 37.2 Å². The second-order valence-electron chi connectivity index (χ2n) is 3.74. The predicted molar refractivity (Wildman–Crippen MR) is 67.0 cm³/mol. The van der Waals surface area contributed by atoms with E-state index < -0.39 is 10.0 Å². The van der Waals surface area contributed by atoms with E-state index in [2.05, 4.69) is 20.0 Å². The first-order valence-corrected chi connectivity index (χ1v) is 7.45. The van der Waals surface area contributed by atoms with Crippen molar-refractivity contribution in [1.29, 1.82) is 0 Å². The molecular formula is C10H20N4O2S. The number of nitrogens with one attached hydrogen (secondary N) is 3. The maximum atomic E-state index is 11.6. The molecule has 98 valence electrons. The van der Waals surface area contributed by atoms with E-state index in [1.54, 1.807) is 12.4 Å². The van der Waals surface area contributed by atoms with Gasteiger partial charge in [0.2, 0.25) is 10.0 Å². The van der Waals surface area contributed by atoms with E-state index in [1.165, 1.54) is 0 Å². The molecule has 7 heteroatoms. The van der Waals surface area contributed by atoms with Crippen LogP contribution in [0, 0.1) is 0 Å². The predicted octanol–water partition coefficient (Wildman–Crippen LogP) is 0.219. The Morgan fingerprint density at radius 1 is 1.41 bits per heavy atom. The molecule has 1 aromatic heterocycles. The molecule has 0 bridgehead atoms. The average Bonchev–Trinajstić information content (AvgIpc) is 2.79. The number of aromatic amines is 1. The molecule has 1 aromatic rings. The largest absolute Gasteiger partial charge is 0.347 e. The first-order chi connectivity index (χ1) is 8.14. The fourth-order valence-electron chi connectivity index (χ4n) is 1.36. The Balaban J connectivity index is 2.17. The maximum Gasteiger partial charge on any atom is 0.212 e. The van der Waals surface area contributed by atoms with Crippen LogP contribution in [0.25, 0.3) is 0 Å². The zero-order chi connectivity index (χ0) is 12.6. The lowest BCUT2D eigenvalue weighted by Crippen LogP contribution is -2.27. The Morgan fingerprint density at radius 3 is 2.88 bits per heavy atom. The molecule has 0 unspecified atom stereocenters. The number of imidazole rings is 1. The van der Waals surface area contributed by atoms with Crippen LogP contribution in [0.15, 0.2) is 12.4 Å². The van der Waals surface area contributed by atoms with Gasteiger partial charge in [-0.15, -0.1) is 0 Å². The van der Waals surface area contributed by atoms with E-state index in [1.807, 2.05) is 6.92 Å². The van der Waals surface area contributed by atoms with Crippen LogP contribution in [0.1, 0.15) is 25.6 Å². The van der Waals surface area contributed by atoms with Gasteiger partial charge >= 0.3 is 0 Å². The molecule has 0 saturated heterocycles. The zero-order valence-corrected chi connectivity index (χ0v) is 10.9. The molecule has 0 aliphatic heterocycles. The van der Waals surface area contributed by atoms with E-state index >= 15 is 0 Å². The summed E-state index contributed by atoms with van der Waals surface area (Å²) >= 11 is 0. The highest BCUT2D eigenvalue weighted by atomic mass is 32.2. The van der Waals surface area contributed by atoms with Crippen LogP contribution < -0.4 is 10.0 Å². The van der Waals surface area contributed by atoms with Crippen molar-refractivity contribution in [2.75, 3.05) is 18.8 Å². The van der Waals surface area contributed by atoms with E-state index in [0.29, 0.717) is 12.2 Å². The van der Waals surface area contributed by atoms with Gasteiger partial charge in [0.05, 0.1) is 12.3 Å². The SMILES string of the molecule is CCNCCCCS(=O)(=O)NCc1ncc[nH]1. The number of hydrogen-bond donors (Lipinski definition) is 3. The molecule has 0 atom stereocenters. The van der Waals surface area contributed by atoms with Crippen LogP contribution in [0.2, 0.25) is 0 Å². The summed E-state index contributed by atoms with van der Waals surface area (Å²) in [5.41, 5.74) is 0. The molecule has 0 aliphatic carbocycles. The highest BCUT2D eigenvalue weighted by Gasteiger charge is 2.09. The summed E-state index contributed by atoms with van der Waals surface area (Å²) in [6.45, 7) is 4.04. The third kappa shape index (κ3) is 6.40. The monoisotopic (exact) mass is 260 g/mol. The summed E-state index contributed by atoms with van der Waals surface area (Å²) in [5.74, 6) is 0.792. The van der Waals surface area contributed by atoms with E-state index in [9.17, 15) is 8.42 Å². The minimum absolute atomic E-state index is 0.166. The lowest BCUT2D eigenvalue weighted by molar-refractivity contribution is 0.572. The number of H-pyrrole nitrogens is 1. The highest BCUT2D eigenvalue weighted by molar-refractivity contribution is 7.89. The molecule has 3 N–H and O–H groups in total. The molecule has 0 aliphatic rings. The Bertz CT molecular complexity index is 388. The molecule has 1 rings (SSSR count). The summed E-state index contributed by atoms with van der Waals surface area (Å²) in [6, 6.07) is 0. The second-order valence-corrected chi connectivity index (χ2v) is 5.66. The summed E-state index contributed by atoms with van der Waals surface area (Å²) in [5, 5.41) is 3.16. The number of hydrogen-bond acceptors (Lipinski definition) is 4. The smallest absolute Gasteiger partial charge is 0.212 e. The summed E-state index contributed by atoms with van der Waals surface area (Å²) in [7, 11) is -3.18. The minimum atomic E-state index is -3.18. The maximum absolute atomic E-state index is 11.6. The van der Waals surface area contributed by atoms with Crippen molar-refractivity contribution in [1.82, 2.24) is 20.0 Å². The molecule has 0 spiro atoms. The van der Waals surface area contributed by atoms with Crippen molar-refractivity contribution in [3.8, 4) is 0 Å². The van der Waals surface area contributed by atoms with Crippen LogP contribution >= 0.6 is 0 Å². The van der Waals surface area contributed by atoms with Crippen molar-refractivity contribution >= 4 is 10.0 Å². The molecule has 0 radical (unpaired) electrons. The van der Waals surface area contributed by atoms with E-state index in [0.717, 1.165) is 19.5 Å². The summed E-state index contributed by atoms with van der Waals surface area (Å²) in [4.78, 5) is 6.79. The average molecular weight is 260 g/mol. The second kappa shape index (κ2) is 7.41. The van der Waals surface area contributed by atoms with Gasteiger partial charge in [-0.3, -0.25) is 0 Å². The third-order valence-electron chi connectivity index (χ3n) is 2.28. The van der Waals surface area contributed by atoms with Crippen LogP contribution in [0.4, 0.5) is 0 Å². The molecule has 0 amide bonds. The third-order valence-corrected chi connectivity index (χ3v) is 3.69. The molecular weight excluding hydrogens is 240 g/mol. The van der Waals surface area contributed by atoms with Crippen molar-refractivity contribution < 1.29 is 8.42 Å². The number of unbranched alkanes of at least 4 members (excludes halogenated alkanes) is 1. The summed E-state index contributed by atoms with van der Waals surface area (Å²) < 4.78 is 25.7. The molecule has 0 fully saturated rings. The fraction of sp³-hybridized carbons (Fsp3) is 0.700. The highest BCUT2D eigenvalue weighted by Crippen LogP contribution is 1.96. The zero-order valence-electron chi connectivity index (χ0n) is 10.1. The van der Waals surface area contributed by atoms with Gasteiger partial charge in [0, 0.05) is 12.4 Å². The lowest BCUT2D eigenvalue weighted by Gasteiger charge is -2.05. The van der Waals surface area contributed by atoms with Gasteiger partial charge in [0.15, 0.2) is 0 Å². The van der Waals surface area contributed by atoms with Gasteiger partial charge in [0.25, 0.3) is 0 Å². The number of nitrogens with zero attached hydrogens (tertiary/aromatic N) is 1.